The molecule has 5 rings (SSSR count). The molecule has 2 aromatic heterocycles. The molecule has 1 N–H and O–H groups in total. The summed E-state index contributed by atoms with van der Waals surface area (Å²) in [5.41, 5.74) is -0.0290. The van der Waals surface area contributed by atoms with Crippen LogP contribution in [0.2, 0.25) is 10.0 Å². The van der Waals surface area contributed by atoms with Crippen molar-refractivity contribution in [1.82, 2.24) is 34.1 Å². The molecule has 0 aliphatic carbocycles. The first-order valence-corrected chi connectivity index (χ1v) is 14.3. The molecule has 3 aromatic rings. The van der Waals surface area contributed by atoms with Crippen molar-refractivity contribution in [3.63, 3.8) is 0 Å². The number of amides is 2. The van der Waals surface area contributed by atoms with Gasteiger partial charge >= 0.3 is 0 Å². The minimum atomic E-state index is -3.95. The third kappa shape index (κ3) is 5.44. The van der Waals surface area contributed by atoms with E-state index in [1.54, 1.807) is 25.5 Å². The Hall–Kier alpha value is -3.26. The second-order valence-corrected chi connectivity index (χ2v) is 12.3. The van der Waals surface area contributed by atoms with E-state index in [9.17, 15) is 22.8 Å². The topological polar surface area (TPSA) is 140 Å². The van der Waals surface area contributed by atoms with Crippen LogP contribution in [0, 0.1) is 5.92 Å². The SMILES string of the molecule is CN1CCNC(=O)C[C@H]2CN(S(=O)(=O)c3ccc(Cl)c(Cl)c3)C[C@H]2n2cc(nn2)Cn2cccc(c2=O)C1=O. The van der Waals surface area contributed by atoms with E-state index in [1.165, 1.54) is 42.7 Å². The van der Waals surface area contributed by atoms with Crippen LogP contribution >= 0.6 is 23.2 Å². The summed E-state index contributed by atoms with van der Waals surface area (Å²) in [6, 6.07) is 6.68. The Labute approximate surface area is 234 Å². The highest BCUT2D eigenvalue weighted by molar-refractivity contribution is 7.89. The van der Waals surface area contributed by atoms with Crippen molar-refractivity contribution in [1.29, 1.82) is 0 Å². The first-order chi connectivity index (χ1) is 18.5. The normalized spacial score (nSPS) is 21.1. The quantitative estimate of drug-likeness (QED) is 0.471. The number of aromatic nitrogens is 4. The lowest BCUT2D eigenvalue weighted by molar-refractivity contribution is -0.122. The van der Waals surface area contributed by atoms with Crippen LogP contribution in [0.15, 0.2) is 52.4 Å². The van der Waals surface area contributed by atoms with E-state index in [4.69, 9.17) is 23.2 Å². The molecule has 12 nitrogen and oxygen atoms in total. The average molecular weight is 594 g/mol. The summed E-state index contributed by atoms with van der Waals surface area (Å²) in [7, 11) is -2.40. The van der Waals surface area contributed by atoms with E-state index in [0.717, 1.165) is 0 Å². The Morgan fingerprint density at radius 2 is 1.87 bits per heavy atom. The van der Waals surface area contributed by atoms with Crippen molar-refractivity contribution in [3.8, 4) is 0 Å². The minimum Gasteiger partial charge on any atom is -0.354 e. The number of fused-ring (bicyclic) bond motifs is 6. The highest BCUT2D eigenvalue weighted by Gasteiger charge is 2.42. The number of nitrogens with zero attached hydrogens (tertiary/aromatic N) is 6. The Morgan fingerprint density at radius 3 is 2.64 bits per heavy atom. The number of likely N-dealkylation sites (N-methyl/N-ethyl adjacent to an activating group) is 1. The molecule has 1 saturated heterocycles. The van der Waals surface area contributed by atoms with Gasteiger partial charge in [-0.15, -0.1) is 5.10 Å². The molecule has 0 saturated carbocycles. The van der Waals surface area contributed by atoms with Crippen LogP contribution in [0.3, 0.4) is 0 Å². The fourth-order valence-corrected chi connectivity index (χ4v) is 6.73. The first kappa shape index (κ1) is 27.3. The standard InChI is InChI=1S/C24H25Cl2N7O5S/c1-30-8-6-27-22(34)9-15-11-32(39(37,38)17-4-5-19(25)20(26)10-17)14-21(15)33-13-16(28-29-33)12-31-7-2-3-18(23(30)35)24(31)36/h2-5,7,10,13,15,21H,6,8-9,11-12,14H2,1H3,(H,27,34)/t15-,21+/m0/s1. The first-order valence-electron chi connectivity index (χ1n) is 12.1. The molecule has 206 valence electrons. The Morgan fingerprint density at radius 1 is 1.08 bits per heavy atom. The number of benzene rings is 1. The van der Waals surface area contributed by atoms with E-state index in [1.807, 2.05) is 0 Å². The van der Waals surface area contributed by atoms with Crippen LogP contribution in [-0.4, -0.2) is 82.2 Å². The van der Waals surface area contributed by atoms with Gasteiger partial charge in [0.1, 0.15) is 11.3 Å². The smallest absolute Gasteiger partial charge is 0.263 e. The van der Waals surface area contributed by atoms with Gasteiger partial charge < -0.3 is 14.8 Å². The number of pyridine rings is 1. The highest BCUT2D eigenvalue weighted by Crippen LogP contribution is 2.35. The molecule has 0 unspecified atom stereocenters. The lowest BCUT2D eigenvalue weighted by Gasteiger charge is -2.20. The number of rotatable bonds is 2. The van der Waals surface area contributed by atoms with Crippen molar-refractivity contribution in [2.75, 3.05) is 33.2 Å². The third-order valence-electron chi connectivity index (χ3n) is 6.95. The van der Waals surface area contributed by atoms with Crippen molar-refractivity contribution in [3.05, 3.63) is 74.4 Å². The lowest BCUT2D eigenvalue weighted by atomic mass is 9.99. The van der Waals surface area contributed by atoms with E-state index < -0.39 is 33.4 Å². The van der Waals surface area contributed by atoms with Crippen LogP contribution in [-0.2, 0) is 21.4 Å². The number of hydrogen-bond acceptors (Lipinski definition) is 7. The second-order valence-electron chi connectivity index (χ2n) is 9.55. The molecular weight excluding hydrogens is 569 g/mol. The van der Waals surface area contributed by atoms with Crippen molar-refractivity contribution < 1.29 is 18.0 Å². The summed E-state index contributed by atoms with van der Waals surface area (Å²) in [5, 5.41) is 11.5. The van der Waals surface area contributed by atoms with Crippen LogP contribution in [0.5, 0.6) is 0 Å². The maximum absolute atomic E-state index is 13.5. The molecule has 1 fully saturated rings. The maximum Gasteiger partial charge on any atom is 0.263 e. The molecule has 4 bridgehead atoms. The van der Waals surface area contributed by atoms with E-state index >= 15 is 0 Å². The number of carbonyl (C=O) groups is 2. The van der Waals surface area contributed by atoms with Gasteiger partial charge in [0.05, 0.1) is 33.7 Å². The summed E-state index contributed by atoms with van der Waals surface area (Å²) < 4.78 is 31.2. The number of carbonyl (C=O) groups excluding carboxylic acids is 2. The van der Waals surface area contributed by atoms with Gasteiger partial charge in [0.15, 0.2) is 0 Å². The van der Waals surface area contributed by atoms with Crippen LogP contribution in [0.1, 0.15) is 28.5 Å². The minimum absolute atomic E-state index is 0.00446. The van der Waals surface area contributed by atoms with E-state index in [2.05, 4.69) is 15.6 Å². The second kappa shape index (κ2) is 10.7. The number of halogens is 2. The van der Waals surface area contributed by atoms with Crippen molar-refractivity contribution in [2.45, 2.75) is 23.9 Å². The van der Waals surface area contributed by atoms with Gasteiger partial charge in [-0.1, -0.05) is 28.4 Å². The summed E-state index contributed by atoms with van der Waals surface area (Å²) >= 11 is 12.0. The fourth-order valence-electron chi connectivity index (χ4n) is 4.83. The number of sulfonamides is 1. The van der Waals surface area contributed by atoms with Gasteiger partial charge in [0.2, 0.25) is 15.9 Å². The predicted octanol–water partition coefficient (Wildman–Crippen LogP) is 1.25. The van der Waals surface area contributed by atoms with E-state index in [0.29, 0.717) is 5.69 Å². The molecule has 2 atom stereocenters. The fraction of sp³-hybridized carbons (Fsp3) is 0.375. The zero-order chi connectivity index (χ0) is 27.9. The van der Waals surface area contributed by atoms with E-state index in [-0.39, 0.29) is 65.6 Å². The average Bonchev–Trinajstić information content (AvgIpc) is 3.53. The van der Waals surface area contributed by atoms with Crippen molar-refractivity contribution in [2.24, 2.45) is 5.92 Å². The van der Waals surface area contributed by atoms with Gasteiger partial charge in [-0.25, -0.2) is 13.1 Å². The van der Waals surface area contributed by atoms with Gasteiger partial charge in [0, 0.05) is 51.8 Å². The van der Waals surface area contributed by atoms with Crippen LogP contribution in [0.4, 0.5) is 0 Å². The Bertz CT molecular complexity index is 1610. The number of nitrogens with one attached hydrogen (secondary N) is 1. The summed E-state index contributed by atoms with van der Waals surface area (Å²) in [6.07, 6.45) is 3.22. The van der Waals surface area contributed by atoms with Crippen molar-refractivity contribution >= 4 is 45.0 Å². The Kier molecular flexibility index (Phi) is 7.51. The largest absolute Gasteiger partial charge is 0.354 e. The van der Waals surface area contributed by atoms with Crippen LogP contribution in [0.25, 0.3) is 0 Å². The predicted molar refractivity (Wildman–Crippen MR) is 142 cm³/mol. The lowest BCUT2D eigenvalue weighted by Crippen LogP contribution is -2.39. The van der Waals surface area contributed by atoms with Crippen LogP contribution < -0.4 is 10.9 Å². The molecule has 2 aliphatic heterocycles. The van der Waals surface area contributed by atoms with Gasteiger partial charge in [-0.3, -0.25) is 14.4 Å². The third-order valence-corrected chi connectivity index (χ3v) is 9.51. The summed E-state index contributed by atoms with van der Waals surface area (Å²) in [6.45, 7) is 0.531. The monoisotopic (exact) mass is 593 g/mol. The molecule has 4 heterocycles. The molecule has 2 aliphatic rings. The highest BCUT2D eigenvalue weighted by atomic mass is 35.5. The molecule has 15 heteroatoms. The molecule has 0 spiro atoms. The zero-order valence-corrected chi connectivity index (χ0v) is 23.2. The van der Waals surface area contributed by atoms with Gasteiger partial charge in [-0.2, -0.15) is 4.31 Å². The molecule has 0 radical (unpaired) electrons. The van der Waals surface area contributed by atoms with Gasteiger partial charge in [0.25, 0.3) is 11.5 Å². The number of hydrogen-bond donors (Lipinski definition) is 1. The molecule has 39 heavy (non-hydrogen) atoms. The van der Waals surface area contributed by atoms with Gasteiger partial charge in [-0.05, 0) is 30.3 Å². The molecule has 2 amide bonds. The molecule has 1 aromatic carbocycles. The summed E-state index contributed by atoms with van der Waals surface area (Å²) in [4.78, 5) is 40.1. The zero-order valence-electron chi connectivity index (χ0n) is 20.8. The molecular formula is C24H25Cl2N7O5S. The Balaban J connectivity index is 1.49. The summed E-state index contributed by atoms with van der Waals surface area (Å²) in [5.74, 6) is -1.18. The maximum atomic E-state index is 13.5.